The van der Waals surface area contributed by atoms with Crippen molar-refractivity contribution in [1.82, 2.24) is 15.5 Å². The molecule has 0 radical (unpaired) electrons. The molecule has 2 heterocycles. The fraction of sp³-hybridized carbons (Fsp3) is 0.455. The normalized spacial score (nSPS) is 18.0. The van der Waals surface area contributed by atoms with E-state index in [1.807, 2.05) is 11.0 Å². The molecular formula is C22H29N5O2. The Bertz CT molecular complexity index is 799. The van der Waals surface area contributed by atoms with E-state index >= 15 is 0 Å². The Morgan fingerprint density at radius 2 is 1.97 bits per heavy atom. The molecule has 2 N–H and O–H groups in total. The number of rotatable bonds is 6. The number of aromatic nitrogens is 2. The summed E-state index contributed by atoms with van der Waals surface area (Å²) in [5.41, 5.74) is 3.12. The second-order valence-electron chi connectivity index (χ2n) is 7.38. The zero-order chi connectivity index (χ0) is 21.2. The number of aryl methyl sites for hydroxylation is 1. The van der Waals surface area contributed by atoms with Crippen LogP contribution in [0, 0.1) is 17.2 Å². The fourth-order valence-electron chi connectivity index (χ4n) is 3.21. The monoisotopic (exact) mass is 395 g/mol. The van der Waals surface area contributed by atoms with Crippen molar-refractivity contribution in [3.63, 3.8) is 0 Å². The van der Waals surface area contributed by atoms with Crippen molar-refractivity contribution in [3.05, 3.63) is 53.2 Å². The first-order chi connectivity index (χ1) is 14.0. The molecule has 29 heavy (non-hydrogen) atoms. The van der Waals surface area contributed by atoms with E-state index in [-0.39, 0.29) is 24.3 Å². The lowest BCUT2D eigenvalue weighted by molar-refractivity contribution is -0.110. The third kappa shape index (κ3) is 6.26. The Morgan fingerprint density at radius 1 is 1.24 bits per heavy atom. The van der Waals surface area contributed by atoms with Crippen LogP contribution in [0.15, 0.2) is 36.4 Å². The molecule has 1 aromatic heterocycles. The van der Waals surface area contributed by atoms with Gasteiger partial charge in [-0.15, -0.1) is 10.2 Å². The van der Waals surface area contributed by atoms with Crippen molar-refractivity contribution in [3.8, 4) is 6.07 Å². The maximum absolute atomic E-state index is 10.5. The molecule has 0 bridgehead atoms. The van der Waals surface area contributed by atoms with Gasteiger partial charge in [-0.05, 0) is 35.6 Å². The number of carbonyl (C=O) groups excluding carboxylic acids is 1. The predicted octanol–water partition coefficient (Wildman–Crippen LogP) is 2.26. The van der Waals surface area contributed by atoms with Gasteiger partial charge in [0, 0.05) is 25.6 Å². The van der Waals surface area contributed by atoms with Crippen LogP contribution in [-0.4, -0.2) is 47.5 Å². The minimum absolute atomic E-state index is 0.00567. The van der Waals surface area contributed by atoms with E-state index in [0.29, 0.717) is 31.2 Å². The van der Waals surface area contributed by atoms with Gasteiger partial charge < -0.3 is 15.3 Å². The number of nitrogens with zero attached hydrogens (tertiary/aromatic N) is 4. The van der Waals surface area contributed by atoms with Crippen LogP contribution in [0.4, 0.5) is 5.82 Å². The molecule has 0 spiro atoms. The van der Waals surface area contributed by atoms with Crippen LogP contribution < -0.4 is 10.2 Å². The number of anilines is 1. The van der Waals surface area contributed by atoms with Crippen LogP contribution >= 0.6 is 0 Å². The van der Waals surface area contributed by atoms with Gasteiger partial charge >= 0.3 is 0 Å². The summed E-state index contributed by atoms with van der Waals surface area (Å²) in [7, 11) is 0. The zero-order valence-corrected chi connectivity index (χ0v) is 17.2. The van der Waals surface area contributed by atoms with E-state index < -0.39 is 0 Å². The predicted molar refractivity (Wildman–Crippen MR) is 112 cm³/mol. The molecule has 0 saturated carbocycles. The van der Waals surface area contributed by atoms with Crippen molar-refractivity contribution in [2.24, 2.45) is 5.92 Å². The van der Waals surface area contributed by atoms with E-state index in [1.54, 1.807) is 12.1 Å². The van der Waals surface area contributed by atoms with Gasteiger partial charge in [-0.3, -0.25) is 4.79 Å². The number of nitriles is 1. The molecule has 1 aromatic carbocycles. The molecule has 1 aliphatic rings. The second kappa shape index (κ2) is 11.1. The second-order valence-corrected chi connectivity index (χ2v) is 7.38. The highest BCUT2D eigenvalue weighted by atomic mass is 16.3. The topological polar surface area (TPSA) is 102 Å². The molecule has 0 aliphatic carbocycles. The van der Waals surface area contributed by atoms with Crippen LogP contribution in [0.25, 0.3) is 0 Å². The van der Waals surface area contributed by atoms with Gasteiger partial charge in [0.1, 0.15) is 6.07 Å². The third-order valence-corrected chi connectivity index (χ3v) is 5.10. The fourth-order valence-corrected chi connectivity index (χ4v) is 3.21. The summed E-state index contributed by atoms with van der Waals surface area (Å²) in [6.45, 7) is 7.81. The standard InChI is InChI=1S/C11H13N5O2.C11H16/c12-3-9-1-2-11(15-14-9)16-4-8(6-17)10(5-16)13-7-18;1-4-10-5-7-11(8-6-10)9(2)3/h1-2,7-8,10,17H,4-6H2,(H,13,18);5-9H,4H2,1-3H3. The summed E-state index contributed by atoms with van der Waals surface area (Å²) in [4.78, 5) is 12.4. The summed E-state index contributed by atoms with van der Waals surface area (Å²) < 4.78 is 0. The van der Waals surface area contributed by atoms with Crippen LogP contribution in [0.3, 0.4) is 0 Å². The van der Waals surface area contributed by atoms with Crippen LogP contribution in [0.1, 0.15) is 43.5 Å². The van der Waals surface area contributed by atoms with E-state index in [4.69, 9.17) is 5.26 Å². The number of hydrogen-bond acceptors (Lipinski definition) is 6. The first-order valence-corrected chi connectivity index (χ1v) is 9.90. The number of aliphatic hydroxyl groups is 1. The van der Waals surface area contributed by atoms with E-state index in [2.05, 4.69) is 60.6 Å². The van der Waals surface area contributed by atoms with Crippen molar-refractivity contribution < 1.29 is 9.90 Å². The summed E-state index contributed by atoms with van der Waals surface area (Å²) in [5.74, 6) is 1.27. The lowest BCUT2D eigenvalue weighted by atomic mass is 10.0. The molecule has 154 valence electrons. The number of nitrogens with one attached hydrogen (secondary N) is 1. The molecule has 7 nitrogen and oxygen atoms in total. The average Bonchev–Trinajstić information content (AvgIpc) is 3.17. The maximum Gasteiger partial charge on any atom is 0.207 e. The minimum atomic E-state index is -0.0926. The lowest BCUT2D eigenvalue weighted by Crippen LogP contribution is -2.36. The van der Waals surface area contributed by atoms with E-state index in [1.165, 1.54) is 11.1 Å². The molecule has 1 aliphatic heterocycles. The largest absolute Gasteiger partial charge is 0.396 e. The Labute approximate surface area is 172 Å². The maximum atomic E-state index is 10.5. The number of aliphatic hydroxyl groups excluding tert-OH is 1. The van der Waals surface area contributed by atoms with E-state index in [0.717, 1.165) is 6.42 Å². The van der Waals surface area contributed by atoms with Crippen molar-refractivity contribution in [2.75, 3.05) is 24.6 Å². The van der Waals surface area contributed by atoms with Crippen molar-refractivity contribution >= 4 is 12.2 Å². The third-order valence-electron chi connectivity index (χ3n) is 5.10. The van der Waals surface area contributed by atoms with Crippen molar-refractivity contribution in [2.45, 2.75) is 39.2 Å². The van der Waals surface area contributed by atoms with Gasteiger partial charge in [0.25, 0.3) is 0 Å². The molecular weight excluding hydrogens is 366 g/mol. The quantitative estimate of drug-likeness (QED) is 0.728. The van der Waals surface area contributed by atoms with Gasteiger partial charge in [-0.25, -0.2) is 0 Å². The average molecular weight is 396 g/mol. The highest BCUT2D eigenvalue weighted by Crippen LogP contribution is 2.21. The molecule has 7 heteroatoms. The Morgan fingerprint density at radius 3 is 2.45 bits per heavy atom. The Kier molecular flexibility index (Phi) is 8.56. The smallest absolute Gasteiger partial charge is 0.207 e. The zero-order valence-electron chi connectivity index (χ0n) is 17.2. The number of carbonyl (C=O) groups is 1. The molecule has 1 saturated heterocycles. The van der Waals surface area contributed by atoms with Gasteiger partial charge in [0.2, 0.25) is 6.41 Å². The van der Waals surface area contributed by atoms with Gasteiger partial charge in [0.05, 0.1) is 6.04 Å². The minimum Gasteiger partial charge on any atom is -0.396 e. The molecule has 2 unspecified atom stereocenters. The highest BCUT2D eigenvalue weighted by Gasteiger charge is 2.32. The van der Waals surface area contributed by atoms with E-state index in [9.17, 15) is 9.90 Å². The van der Waals surface area contributed by atoms with Crippen LogP contribution in [-0.2, 0) is 11.2 Å². The summed E-state index contributed by atoms with van der Waals surface area (Å²) in [6, 6.07) is 14.0. The molecule has 1 fully saturated rings. The number of hydrogen-bond donors (Lipinski definition) is 2. The van der Waals surface area contributed by atoms with Gasteiger partial charge in [0.15, 0.2) is 11.5 Å². The van der Waals surface area contributed by atoms with Crippen molar-refractivity contribution in [1.29, 1.82) is 5.26 Å². The molecule has 2 atom stereocenters. The lowest BCUT2D eigenvalue weighted by Gasteiger charge is -2.15. The molecule has 3 rings (SSSR count). The number of amides is 1. The van der Waals surface area contributed by atoms with Crippen LogP contribution in [0.5, 0.6) is 0 Å². The Hall–Kier alpha value is -2.98. The first kappa shape index (κ1) is 22.3. The van der Waals surface area contributed by atoms with Gasteiger partial charge in [-0.1, -0.05) is 45.0 Å². The van der Waals surface area contributed by atoms with Crippen LogP contribution in [0.2, 0.25) is 0 Å². The Balaban J connectivity index is 0.000000234. The summed E-state index contributed by atoms with van der Waals surface area (Å²) >= 11 is 0. The molecule has 2 aromatic rings. The summed E-state index contributed by atoms with van der Waals surface area (Å²) in [5, 5.41) is 28.3. The first-order valence-electron chi connectivity index (χ1n) is 9.90. The SMILES string of the molecule is CCc1ccc(C(C)C)cc1.N#Cc1ccc(N2CC(CO)C(NC=O)C2)nn1. The summed E-state index contributed by atoms with van der Waals surface area (Å²) in [6.07, 6.45) is 1.78. The molecule has 1 amide bonds. The number of benzene rings is 1. The highest BCUT2D eigenvalue weighted by molar-refractivity contribution is 5.49. The van der Waals surface area contributed by atoms with Gasteiger partial charge in [-0.2, -0.15) is 5.26 Å².